The molecule has 1 aromatic heterocycles. The van der Waals surface area contributed by atoms with Crippen molar-refractivity contribution in [2.24, 2.45) is 0 Å². The van der Waals surface area contributed by atoms with Gasteiger partial charge in [0.1, 0.15) is 0 Å². The van der Waals surface area contributed by atoms with Gasteiger partial charge in [-0.3, -0.25) is 4.90 Å². The van der Waals surface area contributed by atoms with Gasteiger partial charge in [-0.15, -0.1) is 24.8 Å². The number of hydrogen-bond donors (Lipinski definition) is 2. The van der Waals surface area contributed by atoms with Crippen LogP contribution in [0.5, 0.6) is 0 Å². The molecule has 0 spiro atoms. The van der Waals surface area contributed by atoms with Crippen molar-refractivity contribution in [3.8, 4) is 0 Å². The molecule has 1 aliphatic rings. The fourth-order valence-electron chi connectivity index (χ4n) is 5.44. The summed E-state index contributed by atoms with van der Waals surface area (Å²) in [6, 6.07) is 23.1. The number of rotatable bonds is 12. The number of morpholine rings is 1. The summed E-state index contributed by atoms with van der Waals surface area (Å²) in [4.78, 5) is 27.6. The standard InChI is InChI=1S/C33H42N6O2.2ClH/c1-26(30-10-5-8-29-7-3-4-9-31(29)30)36-33(40)39(19-6-18-38-21-23-41-24-22-38)25-28-13-11-27(12-14-28)15-20-37(2)32-34-16-17-35-32;;/h3-5,7-14,16-17,26H,6,15,18-25H2,1-2H3,(H,34,35)(H,36,40);2*1H/t26-;;/m0../s1. The molecule has 43 heavy (non-hydrogen) atoms. The van der Waals surface area contributed by atoms with Gasteiger partial charge >= 0.3 is 6.03 Å². The Morgan fingerprint density at radius 1 is 1.00 bits per heavy atom. The number of nitrogens with one attached hydrogen (secondary N) is 2. The average Bonchev–Trinajstić information content (AvgIpc) is 3.56. The highest BCUT2D eigenvalue weighted by atomic mass is 35.5. The molecule has 1 fully saturated rings. The second-order valence-corrected chi connectivity index (χ2v) is 10.9. The highest BCUT2D eigenvalue weighted by Gasteiger charge is 2.19. The second kappa shape index (κ2) is 17.1. The molecule has 4 aromatic rings. The highest BCUT2D eigenvalue weighted by molar-refractivity contribution is 5.87. The number of benzene rings is 3. The lowest BCUT2D eigenvalue weighted by molar-refractivity contribution is 0.0364. The number of aromatic amines is 1. The van der Waals surface area contributed by atoms with Gasteiger partial charge in [0.25, 0.3) is 0 Å². The summed E-state index contributed by atoms with van der Waals surface area (Å²) in [6.45, 7) is 8.67. The van der Waals surface area contributed by atoms with E-state index >= 15 is 0 Å². The van der Waals surface area contributed by atoms with Crippen LogP contribution in [0.15, 0.2) is 79.1 Å². The SMILES string of the molecule is C[C@H](NC(=O)N(CCCN1CCOCC1)Cc1ccc(CCN(C)c2ncc[nH]2)cc1)c1cccc2ccccc12.Cl.Cl. The lowest BCUT2D eigenvalue weighted by Gasteiger charge is -2.29. The molecule has 2 heterocycles. The number of imidazole rings is 1. The number of likely N-dealkylation sites (N-methyl/N-ethyl adjacent to an activating group) is 1. The van der Waals surface area contributed by atoms with Crippen molar-refractivity contribution < 1.29 is 9.53 Å². The topological polar surface area (TPSA) is 76.7 Å². The number of urea groups is 1. The van der Waals surface area contributed by atoms with Gasteiger partial charge in [0.05, 0.1) is 19.3 Å². The van der Waals surface area contributed by atoms with Crippen LogP contribution in [0.25, 0.3) is 10.8 Å². The Balaban J connectivity index is 0.00000253. The molecule has 0 bridgehead atoms. The van der Waals surface area contributed by atoms with E-state index in [9.17, 15) is 4.79 Å². The van der Waals surface area contributed by atoms with Gasteiger partial charge in [0.2, 0.25) is 5.95 Å². The van der Waals surface area contributed by atoms with E-state index in [-0.39, 0.29) is 36.9 Å². The number of ether oxygens (including phenoxy) is 1. The maximum atomic E-state index is 13.7. The zero-order chi connectivity index (χ0) is 28.4. The quantitative estimate of drug-likeness (QED) is 0.199. The van der Waals surface area contributed by atoms with E-state index in [2.05, 4.69) is 92.7 Å². The van der Waals surface area contributed by atoms with E-state index in [1.54, 1.807) is 6.20 Å². The van der Waals surface area contributed by atoms with Gasteiger partial charge in [-0.25, -0.2) is 9.78 Å². The van der Waals surface area contributed by atoms with E-state index in [4.69, 9.17) is 4.74 Å². The van der Waals surface area contributed by atoms with E-state index in [1.807, 2.05) is 24.2 Å². The van der Waals surface area contributed by atoms with Gasteiger partial charge in [0, 0.05) is 58.7 Å². The molecule has 0 aliphatic carbocycles. The van der Waals surface area contributed by atoms with Crippen molar-refractivity contribution in [3.63, 3.8) is 0 Å². The third-order valence-corrected chi connectivity index (χ3v) is 7.90. The van der Waals surface area contributed by atoms with Crippen LogP contribution in [-0.4, -0.2) is 78.8 Å². The van der Waals surface area contributed by atoms with E-state index in [0.29, 0.717) is 13.1 Å². The molecule has 8 nitrogen and oxygen atoms in total. The number of H-pyrrole nitrogens is 1. The summed E-state index contributed by atoms with van der Waals surface area (Å²) in [7, 11) is 2.04. The van der Waals surface area contributed by atoms with Crippen LogP contribution in [0.2, 0.25) is 0 Å². The Morgan fingerprint density at radius 3 is 2.47 bits per heavy atom. The lowest BCUT2D eigenvalue weighted by atomic mass is 10.00. The number of amides is 2. The summed E-state index contributed by atoms with van der Waals surface area (Å²) in [5.74, 6) is 0.873. The maximum Gasteiger partial charge on any atom is 0.318 e. The molecular weight excluding hydrogens is 583 g/mol. The van der Waals surface area contributed by atoms with E-state index in [1.165, 1.54) is 16.3 Å². The Kier molecular flexibility index (Phi) is 13.6. The largest absolute Gasteiger partial charge is 0.379 e. The molecular formula is C33H44Cl2N6O2. The van der Waals surface area contributed by atoms with Crippen molar-refractivity contribution in [2.45, 2.75) is 32.4 Å². The average molecular weight is 628 g/mol. The van der Waals surface area contributed by atoms with Crippen molar-refractivity contribution in [2.75, 3.05) is 57.9 Å². The van der Waals surface area contributed by atoms with E-state index in [0.717, 1.165) is 69.3 Å². The first-order chi connectivity index (χ1) is 20.1. The number of aromatic nitrogens is 2. The summed E-state index contributed by atoms with van der Waals surface area (Å²) < 4.78 is 5.50. The van der Waals surface area contributed by atoms with Crippen LogP contribution in [-0.2, 0) is 17.7 Å². The number of nitrogens with zero attached hydrogens (tertiary/aromatic N) is 4. The molecule has 1 aliphatic heterocycles. The van der Waals surface area contributed by atoms with E-state index < -0.39 is 0 Å². The second-order valence-electron chi connectivity index (χ2n) is 10.9. The third-order valence-electron chi connectivity index (χ3n) is 7.90. The zero-order valence-electron chi connectivity index (χ0n) is 25.1. The Bertz CT molecular complexity index is 1370. The van der Waals surface area contributed by atoms with Crippen LogP contribution in [0, 0.1) is 0 Å². The van der Waals surface area contributed by atoms with Gasteiger partial charge in [-0.05, 0) is 47.2 Å². The molecule has 10 heteroatoms. The van der Waals surface area contributed by atoms with Crippen LogP contribution in [0.1, 0.15) is 36.1 Å². The fraction of sp³-hybridized carbons (Fsp3) is 0.394. The van der Waals surface area contributed by atoms with Crippen molar-refractivity contribution in [1.29, 1.82) is 0 Å². The molecule has 2 amide bonds. The molecule has 1 saturated heterocycles. The number of halogens is 2. The molecule has 1 atom stereocenters. The third kappa shape index (κ3) is 9.60. The predicted molar refractivity (Wildman–Crippen MR) is 180 cm³/mol. The van der Waals surface area contributed by atoms with Gasteiger partial charge in [-0.1, -0.05) is 66.7 Å². The summed E-state index contributed by atoms with van der Waals surface area (Å²) in [6.07, 6.45) is 5.45. The molecule has 3 aromatic carbocycles. The zero-order valence-corrected chi connectivity index (χ0v) is 26.7. The van der Waals surface area contributed by atoms with Gasteiger partial charge < -0.3 is 24.8 Å². The Morgan fingerprint density at radius 2 is 1.72 bits per heavy atom. The number of fused-ring (bicyclic) bond motifs is 1. The smallest absolute Gasteiger partial charge is 0.318 e. The van der Waals surface area contributed by atoms with Gasteiger partial charge in [0.15, 0.2) is 0 Å². The van der Waals surface area contributed by atoms with Crippen LogP contribution in [0.3, 0.4) is 0 Å². The minimum Gasteiger partial charge on any atom is -0.379 e. The highest BCUT2D eigenvalue weighted by Crippen LogP contribution is 2.24. The first-order valence-electron chi connectivity index (χ1n) is 14.7. The van der Waals surface area contributed by atoms with Crippen molar-refractivity contribution in [1.82, 2.24) is 25.1 Å². The summed E-state index contributed by atoms with van der Waals surface area (Å²) in [5.41, 5.74) is 3.53. The monoisotopic (exact) mass is 626 g/mol. The molecule has 0 saturated carbocycles. The predicted octanol–water partition coefficient (Wildman–Crippen LogP) is 6.08. The van der Waals surface area contributed by atoms with Crippen LogP contribution >= 0.6 is 24.8 Å². The number of hydrogen-bond acceptors (Lipinski definition) is 5. The number of carbonyl (C=O) groups excluding carboxylic acids is 1. The minimum atomic E-state index is -0.108. The Hall–Kier alpha value is -3.30. The van der Waals surface area contributed by atoms with Gasteiger partial charge in [-0.2, -0.15) is 0 Å². The first-order valence-corrected chi connectivity index (χ1v) is 14.7. The summed E-state index contributed by atoms with van der Waals surface area (Å²) in [5, 5.41) is 5.65. The lowest BCUT2D eigenvalue weighted by Crippen LogP contribution is -2.43. The minimum absolute atomic E-state index is 0. The molecule has 0 unspecified atom stereocenters. The van der Waals surface area contributed by atoms with Crippen LogP contribution < -0.4 is 10.2 Å². The maximum absolute atomic E-state index is 13.7. The number of carbonyl (C=O) groups is 1. The molecule has 5 rings (SSSR count). The summed E-state index contributed by atoms with van der Waals surface area (Å²) >= 11 is 0. The molecule has 2 N–H and O–H groups in total. The fourth-order valence-corrected chi connectivity index (χ4v) is 5.44. The Labute approximate surface area is 267 Å². The van der Waals surface area contributed by atoms with Crippen molar-refractivity contribution >= 4 is 47.6 Å². The molecule has 232 valence electrons. The van der Waals surface area contributed by atoms with Crippen LogP contribution in [0.4, 0.5) is 10.7 Å². The normalized spacial score (nSPS) is 13.9. The van der Waals surface area contributed by atoms with Crippen molar-refractivity contribution in [3.05, 3.63) is 95.8 Å². The number of anilines is 1. The first kappa shape index (κ1) is 34.2. The molecule has 0 radical (unpaired) electrons.